The lowest BCUT2D eigenvalue weighted by atomic mass is 9.82. The van der Waals surface area contributed by atoms with Crippen molar-refractivity contribution in [2.75, 3.05) is 4.90 Å². The van der Waals surface area contributed by atoms with E-state index in [1.807, 2.05) is 0 Å². The summed E-state index contributed by atoms with van der Waals surface area (Å²) in [7, 11) is 0. The van der Waals surface area contributed by atoms with Gasteiger partial charge in [-0.3, -0.25) is 0 Å². The third-order valence-corrected chi connectivity index (χ3v) is 12.1. The average molecular weight is 680 g/mol. The van der Waals surface area contributed by atoms with Gasteiger partial charge in [0.2, 0.25) is 0 Å². The molecule has 0 aromatic heterocycles. The van der Waals surface area contributed by atoms with Crippen LogP contribution in [0.2, 0.25) is 0 Å². The molecule has 0 atom stereocenters. The Bertz CT molecular complexity index is 2740. The van der Waals surface area contributed by atoms with Crippen molar-refractivity contribution in [1.29, 1.82) is 0 Å². The number of hydrogen-bond acceptors (Lipinski definition) is 1. The third-order valence-electron chi connectivity index (χ3n) is 12.1. The molecule has 0 N–H and O–H groups in total. The predicted molar refractivity (Wildman–Crippen MR) is 225 cm³/mol. The summed E-state index contributed by atoms with van der Waals surface area (Å²) in [6, 6.07) is 65.4. The molecular formula is C52H41N. The van der Waals surface area contributed by atoms with E-state index >= 15 is 0 Å². The standard InChI is InChI=1S/C52H41N/c1-51(2)45-23-10-7-19-40(45)44-33-37(28-30-47(44)51)36-17-13-18-38(32-36)53(39-29-27-34-15-5-6-16-35(34)31-39)49-26-12-9-20-41(49)42-22-14-25-48-50(42)43-21-8-11-24-46(43)52(48,3)4/h5-33H,1-4H3. The van der Waals surface area contributed by atoms with Gasteiger partial charge in [-0.1, -0.05) is 167 Å². The van der Waals surface area contributed by atoms with Gasteiger partial charge < -0.3 is 4.90 Å². The first-order valence-electron chi connectivity index (χ1n) is 18.8. The maximum Gasteiger partial charge on any atom is 0.0540 e. The Kier molecular flexibility index (Phi) is 6.94. The van der Waals surface area contributed by atoms with Gasteiger partial charge in [0.1, 0.15) is 0 Å². The van der Waals surface area contributed by atoms with Crippen molar-refractivity contribution in [1.82, 2.24) is 0 Å². The molecule has 0 amide bonds. The van der Waals surface area contributed by atoms with Crippen LogP contribution in [0.25, 0.3) is 55.3 Å². The SMILES string of the molecule is CC1(C)c2ccccc2-c2cc(-c3cccc(N(c4ccc5ccccc5c4)c4ccccc4-c4cccc5c4-c4ccccc4C5(C)C)c3)ccc21. The molecule has 2 aliphatic carbocycles. The van der Waals surface area contributed by atoms with Gasteiger partial charge >= 0.3 is 0 Å². The van der Waals surface area contributed by atoms with Crippen molar-refractivity contribution in [2.45, 2.75) is 38.5 Å². The quantitative estimate of drug-likeness (QED) is 0.175. The number of hydrogen-bond donors (Lipinski definition) is 0. The zero-order valence-electron chi connectivity index (χ0n) is 30.7. The van der Waals surface area contributed by atoms with E-state index in [1.54, 1.807) is 0 Å². The average Bonchev–Trinajstić information content (AvgIpc) is 3.58. The molecule has 1 nitrogen and oxygen atoms in total. The maximum absolute atomic E-state index is 2.46. The zero-order chi connectivity index (χ0) is 35.9. The molecule has 10 rings (SSSR count). The van der Waals surface area contributed by atoms with E-state index in [2.05, 4.69) is 209 Å². The molecule has 0 unspecified atom stereocenters. The van der Waals surface area contributed by atoms with Crippen LogP contribution in [0.15, 0.2) is 176 Å². The third kappa shape index (κ3) is 4.77. The molecule has 254 valence electrons. The number of rotatable bonds is 5. The highest BCUT2D eigenvalue weighted by Crippen LogP contribution is 2.54. The lowest BCUT2D eigenvalue weighted by Crippen LogP contribution is -2.15. The molecule has 0 radical (unpaired) electrons. The number of para-hydroxylation sites is 1. The summed E-state index contributed by atoms with van der Waals surface area (Å²) in [6.45, 7) is 9.41. The zero-order valence-corrected chi connectivity index (χ0v) is 30.7. The van der Waals surface area contributed by atoms with Crippen LogP contribution in [0.5, 0.6) is 0 Å². The summed E-state index contributed by atoms with van der Waals surface area (Å²) in [5.74, 6) is 0. The van der Waals surface area contributed by atoms with Crippen molar-refractivity contribution in [3.8, 4) is 44.5 Å². The largest absolute Gasteiger partial charge is 0.310 e. The molecule has 2 aliphatic rings. The summed E-state index contributed by atoms with van der Waals surface area (Å²) < 4.78 is 0. The van der Waals surface area contributed by atoms with Gasteiger partial charge in [0, 0.05) is 27.8 Å². The fourth-order valence-electron chi connectivity index (χ4n) is 9.34. The first-order valence-corrected chi connectivity index (χ1v) is 18.8. The van der Waals surface area contributed by atoms with Crippen LogP contribution in [0.4, 0.5) is 17.1 Å². The number of fused-ring (bicyclic) bond motifs is 7. The lowest BCUT2D eigenvalue weighted by molar-refractivity contribution is 0.660. The summed E-state index contributed by atoms with van der Waals surface area (Å²) in [5.41, 5.74) is 19.1. The molecule has 53 heavy (non-hydrogen) atoms. The minimum Gasteiger partial charge on any atom is -0.310 e. The highest BCUT2D eigenvalue weighted by atomic mass is 15.1. The lowest BCUT2D eigenvalue weighted by Gasteiger charge is -2.29. The molecule has 0 aliphatic heterocycles. The van der Waals surface area contributed by atoms with Gasteiger partial charge in [-0.25, -0.2) is 0 Å². The molecule has 0 spiro atoms. The van der Waals surface area contributed by atoms with Crippen LogP contribution in [-0.2, 0) is 10.8 Å². The Morgan fingerprint density at radius 2 is 0.906 bits per heavy atom. The van der Waals surface area contributed by atoms with E-state index in [9.17, 15) is 0 Å². The van der Waals surface area contributed by atoms with E-state index < -0.39 is 0 Å². The highest BCUT2D eigenvalue weighted by Gasteiger charge is 2.37. The van der Waals surface area contributed by atoms with Gasteiger partial charge in [-0.05, 0) is 108 Å². The number of benzene rings is 8. The van der Waals surface area contributed by atoms with Crippen molar-refractivity contribution < 1.29 is 0 Å². The molecule has 0 heterocycles. The minimum atomic E-state index is -0.0746. The van der Waals surface area contributed by atoms with E-state index in [1.165, 1.54) is 77.5 Å². The van der Waals surface area contributed by atoms with Gasteiger partial charge in [-0.2, -0.15) is 0 Å². The Morgan fingerprint density at radius 1 is 0.340 bits per heavy atom. The van der Waals surface area contributed by atoms with E-state index in [0.717, 1.165) is 17.1 Å². The first-order chi connectivity index (χ1) is 25.8. The van der Waals surface area contributed by atoms with E-state index in [0.29, 0.717) is 0 Å². The van der Waals surface area contributed by atoms with Crippen molar-refractivity contribution in [3.05, 3.63) is 198 Å². The molecule has 0 bridgehead atoms. The van der Waals surface area contributed by atoms with Crippen LogP contribution in [0, 0.1) is 0 Å². The van der Waals surface area contributed by atoms with Crippen LogP contribution in [0.3, 0.4) is 0 Å². The van der Waals surface area contributed by atoms with Crippen LogP contribution < -0.4 is 4.90 Å². The molecule has 1 heteroatoms. The van der Waals surface area contributed by atoms with Crippen LogP contribution in [-0.4, -0.2) is 0 Å². The Morgan fingerprint density at radius 3 is 1.74 bits per heavy atom. The van der Waals surface area contributed by atoms with Gasteiger partial charge in [0.25, 0.3) is 0 Å². The smallest absolute Gasteiger partial charge is 0.0540 e. The summed E-state index contributed by atoms with van der Waals surface area (Å²) in [6.07, 6.45) is 0. The molecule has 0 saturated heterocycles. The Labute approximate surface area is 312 Å². The predicted octanol–water partition coefficient (Wildman–Crippen LogP) is 14.3. The highest BCUT2D eigenvalue weighted by molar-refractivity contribution is 5.99. The molecule has 0 fully saturated rings. The fourth-order valence-corrected chi connectivity index (χ4v) is 9.34. The number of anilines is 3. The molecule has 0 saturated carbocycles. The van der Waals surface area contributed by atoms with E-state index in [-0.39, 0.29) is 10.8 Å². The summed E-state index contributed by atoms with van der Waals surface area (Å²) in [5, 5.41) is 2.46. The Balaban J connectivity index is 1.17. The van der Waals surface area contributed by atoms with Crippen LogP contribution in [0.1, 0.15) is 49.9 Å². The maximum atomic E-state index is 2.46. The second kappa shape index (κ2) is 11.7. The normalized spacial score (nSPS) is 14.3. The van der Waals surface area contributed by atoms with Gasteiger partial charge in [0.05, 0.1) is 5.69 Å². The van der Waals surface area contributed by atoms with Crippen LogP contribution >= 0.6 is 0 Å². The van der Waals surface area contributed by atoms with Gasteiger partial charge in [-0.15, -0.1) is 0 Å². The molecule has 8 aromatic rings. The summed E-state index contributed by atoms with van der Waals surface area (Å²) in [4.78, 5) is 2.46. The first kappa shape index (κ1) is 31.5. The second-order valence-electron chi connectivity index (χ2n) is 15.8. The molecule has 8 aromatic carbocycles. The molecular weight excluding hydrogens is 639 g/mol. The van der Waals surface area contributed by atoms with Crippen molar-refractivity contribution in [3.63, 3.8) is 0 Å². The van der Waals surface area contributed by atoms with Crippen molar-refractivity contribution in [2.24, 2.45) is 0 Å². The monoisotopic (exact) mass is 679 g/mol. The Hall–Kier alpha value is -6.18. The second-order valence-corrected chi connectivity index (χ2v) is 15.8. The van der Waals surface area contributed by atoms with E-state index in [4.69, 9.17) is 0 Å². The number of nitrogens with zero attached hydrogens (tertiary/aromatic N) is 1. The fraction of sp³-hybridized carbons (Fsp3) is 0.115. The minimum absolute atomic E-state index is 0.0176. The van der Waals surface area contributed by atoms with Gasteiger partial charge in [0.15, 0.2) is 0 Å². The summed E-state index contributed by atoms with van der Waals surface area (Å²) >= 11 is 0. The van der Waals surface area contributed by atoms with Crippen molar-refractivity contribution >= 4 is 27.8 Å². The topological polar surface area (TPSA) is 3.24 Å².